The van der Waals surface area contributed by atoms with Gasteiger partial charge in [-0.15, -0.1) is 0 Å². The second-order valence-electron chi connectivity index (χ2n) is 8.69. The molecule has 0 amide bonds. The highest BCUT2D eigenvalue weighted by molar-refractivity contribution is 6.31. The third kappa shape index (κ3) is 5.01. The van der Waals surface area contributed by atoms with Crippen LogP contribution in [0.3, 0.4) is 0 Å². The van der Waals surface area contributed by atoms with Crippen LogP contribution in [0.5, 0.6) is 0 Å². The first-order chi connectivity index (χ1) is 18.0. The van der Waals surface area contributed by atoms with Gasteiger partial charge in [-0.3, -0.25) is 4.79 Å². The van der Waals surface area contributed by atoms with Gasteiger partial charge in [-0.2, -0.15) is 0 Å². The molecule has 3 nitrogen and oxygen atoms in total. The molecule has 0 heterocycles. The largest absolute Gasteiger partial charge is 0.437 e. The van der Waals surface area contributed by atoms with Gasteiger partial charge in [0.25, 0.3) is 0 Å². The van der Waals surface area contributed by atoms with Gasteiger partial charge in [-0.1, -0.05) is 108 Å². The number of Topliss-reactive ketones (excluding diaryl/α,β-unsaturated/α-hetero) is 1. The maximum atomic E-state index is 14.0. The van der Waals surface area contributed by atoms with E-state index in [4.69, 9.17) is 27.9 Å². The van der Waals surface area contributed by atoms with Crippen LogP contribution in [0.1, 0.15) is 33.5 Å². The Bertz CT molecular complexity index is 1490. The van der Waals surface area contributed by atoms with E-state index in [9.17, 15) is 9.59 Å². The molecule has 1 atom stereocenters. The van der Waals surface area contributed by atoms with Gasteiger partial charge in [0.2, 0.25) is 5.60 Å². The highest BCUT2D eigenvalue weighted by atomic mass is 35.5. The Morgan fingerprint density at radius 1 is 0.730 bits per heavy atom. The van der Waals surface area contributed by atoms with Gasteiger partial charge in [-0.25, -0.2) is 4.79 Å². The molecule has 5 heteroatoms. The molecule has 37 heavy (non-hydrogen) atoms. The summed E-state index contributed by atoms with van der Waals surface area (Å²) >= 11 is 12.3. The van der Waals surface area contributed by atoms with Gasteiger partial charge >= 0.3 is 5.97 Å². The molecular weight excluding hydrogens is 503 g/mol. The molecule has 0 aromatic heterocycles. The maximum Gasteiger partial charge on any atom is 0.339 e. The first kappa shape index (κ1) is 24.8. The fourth-order valence-electron chi connectivity index (χ4n) is 4.56. The predicted octanol–water partition coefficient (Wildman–Crippen LogP) is 8.19. The average molecular weight is 525 g/mol. The molecule has 1 aliphatic carbocycles. The van der Waals surface area contributed by atoms with E-state index >= 15 is 0 Å². The van der Waals surface area contributed by atoms with Crippen molar-refractivity contribution in [3.05, 3.63) is 153 Å². The van der Waals surface area contributed by atoms with Crippen LogP contribution in [-0.4, -0.2) is 11.8 Å². The minimum Gasteiger partial charge on any atom is -0.437 e. The van der Waals surface area contributed by atoms with Crippen LogP contribution < -0.4 is 0 Å². The Hall–Kier alpha value is -3.92. The van der Waals surface area contributed by atoms with Crippen molar-refractivity contribution in [1.29, 1.82) is 0 Å². The highest BCUT2D eigenvalue weighted by Gasteiger charge is 2.52. The van der Waals surface area contributed by atoms with E-state index in [2.05, 4.69) is 0 Å². The number of ether oxygens (including phenoxy) is 1. The average Bonchev–Trinajstić information content (AvgIpc) is 3.20. The van der Waals surface area contributed by atoms with Crippen LogP contribution in [0, 0.1) is 0 Å². The molecule has 5 rings (SSSR count). The van der Waals surface area contributed by atoms with E-state index in [1.165, 1.54) is 0 Å². The van der Waals surface area contributed by atoms with Crippen LogP contribution in [0.15, 0.2) is 121 Å². The summed E-state index contributed by atoms with van der Waals surface area (Å²) in [5, 5.41) is 1.11. The molecule has 0 saturated heterocycles. The third-order valence-electron chi connectivity index (χ3n) is 6.38. The normalized spacial score (nSPS) is 17.4. The van der Waals surface area contributed by atoms with E-state index in [1.54, 1.807) is 60.7 Å². The lowest BCUT2D eigenvalue weighted by Crippen LogP contribution is -2.39. The Labute approximate surface area is 225 Å². The summed E-state index contributed by atoms with van der Waals surface area (Å²) in [5.74, 6) is -0.830. The summed E-state index contributed by atoms with van der Waals surface area (Å²) in [4.78, 5) is 27.4. The quantitative estimate of drug-likeness (QED) is 0.239. The number of carbonyl (C=O) groups is 2. The zero-order valence-electron chi connectivity index (χ0n) is 19.7. The summed E-state index contributed by atoms with van der Waals surface area (Å²) in [6, 6.07) is 32.6. The molecule has 1 aliphatic rings. The van der Waals surface area contributed by atoms with Crippen molar-refractivity contribution in [3.63, 3.8) is 0 Å². The van der Waals surface area contributed by atoms with Gasteiger partial charge in [0.15, 0.2) is 5.78 Å². The third-order valence-corrected chi connectivity index (χ3v) is 6.88. The van der Waals surface area contributed by atoms with Crippen molar-refractivity contribution < 1.29 is 14.3 Å². The standard InChI is InChI=1S/C32H22Cl2O3/c33-26-16-12-23(13-17-26)28-21-30(35)32(25-14-18-27(34)19-15-25,37-31(36)24-9-5-2-6-10-24)29(28)20-11-22-7-3-1-4-8-22/h1-20H,21H2/b20-11+/t32-/m0/s1. The minimum atomic E-state index is -1.65. The van der Waals surface area contributed by atoms with E-state index in [0.29, 0.717) is 26.7 Å². The van der Waals surface area contributed by atoms with Gasteiger partial charge in [0, 0.05) is 27.6 Å². The van der Waals surface area contributed by atoms with Crippen molar-refractivity contribution in [3.8, 4) is 0 Å². The van der Waals surface area contributed by atoms with Crippen molar-refractivity contribution in [1.82, 2.24) is 0 Å². The summed E-state index contributed by atoms with van der Waals surface area (Å²) in [6.07, 6.45) is 3.88. The zero-order chi connectivity index (χ0) is 25.8. The summed E-state index contributed by atoms with van der Waals surface area (Å²) < 4.78 is 6.23. The first-order valence-corrected chi connectivity index (χ1v) is 12.5. The van der Waals surface area contributed by atoms with Crippen molar-refractivity contribution in [2.24, 2.45) is 0 Å². The Morgan fingerprint density at radius 3 is 1.92 bits per heavy atom. The summed E-state index contributed by atoms with van der Waals surface area (Å²) in [7, 11) is 0. The Balaban J connectivity index is 1.74. The molecule has 0 N–H and O–H groups in total. The lowest BCUT2D eigenvalue weighted by Gasteiger charge is -2.30. The smallest absolute Gasteiger partial charge is 0.339 e. The fourth-order valence-corrected chi connectivity index (χ4v) is 4.81. The van der Waals surface area contributed by atoms with Crippen molar-refractivity contribution in [2.75, 3.05) is 0 Å². The van der Waals surface area contributed by atoms with Gasteiger partial charge in [0.05, 0.1) is 5.56 Å². The Kier molecular flexibility index (Phi) is 7.09. The van der Waals surface area contributed by atoms with Gasteiger partial charge in [0.1, 0.15) is 0 Å². The number of rotatable bonds is 6. The molecule has 0 spiro atoms. The molecule has 0 aliphatic heterocycles. The molecule has 4 aromatic carbocycles. The van der Waals surface area contributed by atoms with E-state index in [0.717, 1.165) is 16.7 Å². The van der Waals surface area contributed by atoms with Crippen molar-refractivity contribution >= 4 is 46.6 Å². The molecule has 0 unspecified atom stereocenters. The fraction of sp³-hybridized carbons (Fsp3) is 0.0625. The van der Waals surface area contributed by atoms with E-state index < -0.39 is 11.6 Å². The SMILES string of the molecule is O=C(O[C@]1(c2ccc(Cl)cc2)C(=O)CC(c2ccc(Cl)cc2)=C1/C=C/c1ccccc1)c1ccccc1. The zero-order valence-corrected chi connectivity index (χ0v) is 21.2. The van der Waals surface area contributed by atoms with E-state index in [-0.39, 0.29) is 12.2 Å². The molecular formula is C32H22Cl2O3. The number of ketones is 1. The Morgan fingerprint density at radius 2 is 1.30 bits per heavy atom. The van der Waals surface area contributed by atoms with Crippen LogP contribution >= 0.6 is 23.2 Å². The molecule has 0 saturated carbocycles. The maximum absolute atomic E-state index is 14.0. The van der Waals surface area contributed by atoms with Gasteiger partial charge in [-0.05, 0) is 53.1 Å². The van der Waals surface area contributed by atoms with E-state index in [1.807, 2.05) is 60.7 Å². The molecule has 4 aromatic rings. The minimum absolute atomic E-state index is 0.0841. The second kappa shape index (κ2) is 10.6. The number of carbonyl (C=O) groups excluding carboxylic acids is 2. The first-order valence-electron chi connectivity index (χ1n) is 11.8. The molecule has 0 radical (unpaired) electrons. The number of esters is 1. The topological polar surface area (TPSA) is 43.4 Å². The molecule has 0 bridgehead atoms. The molecule has 182 valence electrons. The number of hydrogen-bond acceptors (Lipinski definition) is 3. The van der Waals surface area contributed by atoms with Crippen LogP contribution in [-0.2, 0) is 15.1 Å². The van der Waals surface area contributed by atoms with Gasteiger partial charge < -0.3 is 4.74 Å². The lowest BCUT2D eigenvalue weighted by molar-refractivity contribution is -0.133. The number of benzene rings is 4. The second-order valence-corrected chi connectivity index (χ2v) is 9.56. The number of allylic oxidation sites excluding steroid dienone is 1. The number of hydrogen-bond donors (Lipinski definition) is 0. The van der Waals surface area contributed by atoms with Crippen LogP contribution in [0.25, 0.3) is 11.6 Å². The van der Waals surface area contributed by atoms with Crippen LogP contribution in [0.4, 0.5) is 0 Å². The number of halogens is 2. The highest BCUT2D eigenvalue weighted by Crippen LogP contribution is 2.49. The summed E-state index contributed by atoms with van der Waals surface area (Å²) in [5.41, 5.74) is 2.37. The van der Waals surface area contributed by atoms with Crippen LogP contribution in [0.2, 0.25) is 10.0 Å². The molecule has 0 fully saturated rings. The monoisotopic (exact) mass is 524 g/mol. The summed E-state index contributed by atoms with van der Waals surface area (Å²) in [6.45, 7) is 0. The lowest BCUT2D eigenvalue weighted by atomic mass is 9.84. The predicted molar refractivity (Wildman–Crippen MR) is 148 cm³/mol. The van der Waals surface area contributed by atoms with Crippen molar-refractivity contribution in [2.45, 2.75) is 12.0 Å².